The zero-order chi connectivity index (χ0) is 21.7. The molecular weight excluding hydrogens is 404 g/mol. The average Bonchev–Trinajstić information content (AvgIpc) is 2.69. The Balaban J connectivity index is 1.61. The van der Waals surface area contributed by atoms with E-state index in [1.54, 1.807) is 13.0 Å². The highest BCUT2D eigenvalue weighted by atomic mass is 32.2. The molecule has 0 aliphatic rings. The van der Waals surface area contributed by atoms with Crippen molar-refractivity contribution in [1.82, 2.24) is 9.97 Å². The van der Waals surface area contributed by atoms with Crippen LogP contribution in [0.5, 0.6) is 5.75 Å². The molecule has 3 aromatic rings. The molecule has 30 heavy (non-hydrogen) atoms. The molecule has 0 radical (unpaired) electrons. The van der Waals surface area contributed by atoms with Crippen molar-refractivity contribution in [2.45, 2.75) is 25.7 Å². The van der Waals surface area contributed by atoms with Gasteiger partial charge in [-0.25, -0.2) is 23.1 Å². The molecule has 0 aliphatic carbocycles. The molecule has 0 unspecified atom stereocenters. The Morgan fingerprint density at radius 2 is 1.77 bits per heavy atom. The SMILES string of the molecule is Cc1ccc(C)c(OCC(=O)Nc2ccc(S(=O)(=O)Nc3nccc(C)n3)cc2)c1. The van der Waals surface area contributed by atoms with Gasteiger partial charge in [-0.15, -0.1) is 0 Å². The molecule has 0 atom stereocenters. The van der Waals surface area contributed by atoms with Gasteiger partial charge in [0.1, 0.15) is 5.75 Å². The Morgan fingerprint density at radius 3 is 2.47 bits per heavy atom. The Labute approximate surface area is 175 Å². The van der Waals surface area contributed by atoms with Crippen LogP contribution < -0.4 is 14.8 Å². The Morgan fingerprint density at radius 1 is 1.03 bits per heavy atom. The normalized spacial score (nSPS) is 11.0. The molecule has 3 rings (SSSR count). The molecule has 0 saturated carbocycles. The number of aromatic nitrogens is 2. The molecule has 0 saturated heterocycles. The van der Waals surface area contributed by atoms with Crippen LogP contribution in [0.25, 0.3) is 0 Å². The summed E-state index contributed by atoms with van der Waals surface area (Å²) in [4.78, 5) is 20.1. The first-order chi connectivity index (χ1) is 14.2. The molecule has 1 heterocycles. The van der Waals surface area contributed by atoms with Crippen LogP contribution >= 0.6 is 0 Å². The van der Waals surface area contributed by atoms with Gasteiger partial charge in [-0.3, -0.25) is 4.79 Å². The van der Waals surface area contributed by atoms with E-state index >= 15 is 0 Å². The number of hydrogen-bond donors (Lipinski definition) is 2. The van der Waals surface area contributed by atoms with Gasteiger partial charge in [0.15, 0.2) is 6.61 Å². The Kier molecular flexibility index (Phi) is 6.31. The monoisotopic (exact) mass is 426 g/mol. The summed E-state index contributed by atoms with van der Waals surface area (Å²) in [6.45, 7) is 5.43. The molecule has 8 nitrogen and oxygen atoms in total. The van der Waals surface area contributed by atoms with Crippen molar-refractivity contribution in [3.63, 3.8) is 0 Å². The topological polar surface area (TPSA) is 110 Å². The number of rotatable bonds is 7. The number of nitrogens with zero attached hydrogens (tertiary/aromatic N) is 2. The van der Waals surface area contributed by atoms with Gasteiger partial charge in [0, 0.05) is 17.6 Å². The third-order valence-electron chi connectivity index (χ3n) is 4.17. The molecule has 0 aliphatic heterocycles. The maximum atomic E-state index is 12.5. The number of hydrogen-bond acceptors (Lipinski definition) is 6. The van der Waals surface area contributed by atoms with Crippen LogP contribution in [0.15, 0.2) is 59.6 Å². The third-order valence-corrected chi connectivity index (χ3v) is 5.52. The fourth-order valence-corrected chi connectivity index (χ4v) is 3.55. The molecule has 2 aromatic carbocycles. The highest BCUT2D eigenvalue weighted by Crippen LogP contribution is 2.20. The Hall–Kier alpha value is -3.46. The van der Waals surface area contributed by atoms with Crippen molar-refractivity contribution < 1.29 is 17.9 Å². The van der Waals surface area contributed by atoms with Gasteiger partial charge in [0.2, 0.25) is 5.95 Å². The van der Waals surface area contributed by atoms with Crippen LogP contribution in [0.2, 0.25) is 0 Å². The predicted molar refractivity (Wildman–Crippen MR) is 114 cm³/mol. The first-order valence-corrected chi connectivity index (χ1v) is 10.6. The van der Waals surface area contributed by atoms with Gasteiger partial charge in [-0.1, -0.05) is 12.1 Å². The van der Waals surface area contributed by atoms with E-state index in [-0.39, 0.29) is 23.4 Å². The number of ether oxygens (including phenoxy) is 1. The third kappa shape index (κ3) is 5.54. The summed E-state index contributed by atoms with van der Waals surface area (Å²) in [5.41, 5.74) is 3.07. The molecule has 1 aromatic heterocycles. The summed E-state index contributed by atoms with van der Waals surface area (Å²) < 4.78 is 32.8. The number of aryl methyl sites for hydroxylation is 3. The van der Waals surface area contributed by atoms with E-state index in [4.69, 9.17) is 4.74 Å². The van der Waals surface area contributed by atoms with E-state index in [1.807, 2.05) is 32.0 Å². The lowest BCUT2D eigenvalue weighted by molar-refractivity contribution is -0.118. The van der Waals surface area contributed by atoms with E-state index in [1.165, 1.54) is 30.5 Å². The molecule has 0 bridgehead atoms. The molecule has 9 heteroatoms. The minimum atomic E-state index is -3.84. The second-order valence-electron chi connectivity index (χ2n) is 6.76. The van der Waals surface area contributed by atoms with Gasteiger partial charge in [0.25, 0.3) is 15.9 Å². The minimum Gasteiger partial charge on any atom is -0.483 e. The summed E-state index contributed by atoms with van der Waals surface area (Å²) in [5, 5.41) is 2.68. The molecule has 0 fully saturated rings. The van der Waals surface area contributed by atoms with Crippen molar-refractivity contribution in [2.75, 3.05) is 16.6 Å². The highest BCUT2D eigenvalue weighted by Gasteiger charge is 2.16. The van der Waals surface area contributed by atoms with Crippen LogP contribution in [0, 0.1) is 20.8 Å². The van der Waals surface area contributed by atoms with Crippen molar-refractivity contribution >= 4 is 27.6 Å². The van der Waals surface area contributed by atoms with E-state index in [0.29, 0.717) is 17.1 Å². The second kappa shape index (κ2) is 8.91. The molecule has 0 spiro atoms. The molecule has 1 amide bonds. The lowest BCUT2D eigenvalue weighted by Crippen LogP contribution is -2.20. The van der Waals surface area contributed by atoms with Crippen LogP contribution in [-0.2, 0) is 14.8 Å². The standard InChI is InChI=1S/C21H22N4O4S/c1-14-4-5-15(2)19(12-14)29-13-20(26)24-17-6-8-18(9-7-17)30(27,28)25-21-22-11-10-16(3)23-21/h4-12H,13H2,1-3H3,(H,24,26)(H,22,23,25). The fourth-order valence-electron chi connectivity index (χ4n) is 2.60. The van der Waals surface area contributed by atoms with E-state index in [2.05, 4.69) is 20.0 Å². The summed E-state index contributed by atoms with van der Waals surface area (Å²) in [6.07, 6.45) is 1.47. The predicted octanol–water partition coefficient (Wildman–Crippen LogP) is 3.22. The number of sulfonamides is 1. The van der Waals surface area contributed by atoms with Crippen molar-refractivity contribution in [2.24, 2.45) is 0 Å². The molecule has 156 valence electrons. The number of anilines is 2. The van der Waals surface area contributed by atoms with Crippen molar-refractivity contribution in [1.29, 1.82) is 0 Å². The summed E-state index contributed by atoms with van der Waals surface area (Å²) >= 11 is 0. The maximum absolute atomic E-state index is 12.5. The zero-order valence-electron chi connectivity index (χ0n) is 16.8. The lowest BCUT2D eigenvalue weighted by atomic mass is 10.1. The van der Waals surface area contributed by atoms with Crippen molar-refractivity contribution in [3.8, 4) is 5.75 Å². The van der Waals surface area contributed by atoms with E-state index in [0.717, 1.165) is 11.1 Å². The summed E-state index contributed by atoms with van der Waals surface area (Å²) in [7, 11) is -3.84. The smallest absolute Gasteiger partial charge is 0.264 e. The number of carbonyl (C=O) groups is 1. The summed E-state index contributed by atoms with van der Waals surface area (Å²) in [6, 6.07) is 13.2. The van der Waals surface area contributed by atoms with Crippen molar-refractivity contribution in [3.05, 3.63) is 71.5 Å². The van der Waals surface area contributed by atoms with Crippen LogP contribution in [-0.4, -0.2) is 30.9 Å². The summed E-state index contributed by atoms with van der Waals surface area (Å²) in [5.74, 6) is 0.296. The van der Waals surface area contributed by atoms with Gasteiger partial charge in [-0.05, 0) is 68.3 Å². The number of carbonyl (C=O) groups excluding carboxylic acids is 1. The Bertz CT molecular complexity index is 1160. The molecular formula is C21H22N4O4S. The largest absolute Gasteiger partial charge is 0.483 e. The average molecular weight is 426 g/mol. The lowest BCUT2D eigenvalue weighted by Gasteiger charge is -2.11. The van der Waals surface area contributed by atoms with E-state index in [9.17, 15) is 13.2 Å². The highest BCUT2D eigenvalue weighted by molar-refractivity contribution is 7.92. The molecule has 2 N–H and O–H groups in total. The first-order valence-electron chi connectivity index (χ1n) is 9.15. The van der Waals surface area contributed by atoms with Gasteiger partial charge >= 0.3 is 0 Å². The quantitative estimate of drug-likeness (QED) is 0.600. The van der Waals surface area contributed by atoms with Gasteiger partial charge in [-0.2, -0.15) is 0 Å². The van der Waals surface area contributed by atoms with Crippen LogP contribution in [0.1, 0.15) is 16.8 Å². The fraction of sp³-hybridized carbons (Fsp3) is 0.190. The number of benzene rings is 2. The van der Waals surface area contributed by atoms with Gasteiger partial charge < -0.3 is 10.1 Å². The minimum absolute atomic E-state index is 0.00373. The number of nitrogens with one attached hydrogen (secondary N) is 2. The zero-order valence-corrected chi connectivity index (χ0v) is 17.7. The van der Waals surface area contributed by atoms with E-state index < -0.39 is 10.0 Å². The number of amides is 1. The van der Waals surface area contributed by atoms with Crippen LogP contribution in [0.3, 0.4) is 0 Å². The van der Waals surface area contributed by atoms with Crippen LogP contribution in [0.4, 0.5) is 11.6 Å². The first kappa shape index (κ1) is 21.3. The van der Waals surface area contributed by atoms with Gasteiger partial charge in [0.05, 0.1) is 4.90 Å². The second-order valence-corrected chi connectivity index (χ2v) is 8.44. The maximum Gasteiger partial charge on any atom is 0.264 e.